The minimum Gasteiger partial charge on any atom is -0.489 e. The van der Waals surface area contributed by atoms with Gasteiger partial charge in [-0.25, -0.2) is 0 Å². The molecule has 0 saturated carbocycles. The van der Waals surface area contributed by atoms with Crippen molar-refractivity contribution in [3.05, 3.63) is 28.8 Å². The Morgan fingerprint density at radius 1 is 1.50 bits per heavy atom. The molecule has 0 amide bonds. The van der Waals surface area contributed by atoms with Crippen molar-refractivity contribution in [3.8, 4) is 5.75 Å². The number of hydrogen-bond donors (Lipinski definition) is 2. The largest absolute Gasteiger partial charge is 0.489 e. The van der Waals surface area contributed by atoms with Crippen molar-refractivity contribution in [2.24, 2.45) is 5.73 Å². The van der Waals surface area contributed by atoms with Crippen LogP contribution < -0.4 is 10.5 Å². The molecule has 90 valence electrons. The molecular weight excluding hydrogens is 226 g/mol. The van der Waals surface area contributed by atoms with Crippen LogP contribution in [0.3, 0.4) is 0 Å². The second kappa shape index (κ2) is 6.09. The second-order valence-electron chi connectivity index (χ2n) is 3.85. The summed E-state index contributed by atoms with van der Waals surface area (Å²) in [5.41, 5.74) is 6.70. The lowest BCUT2D eigenvalue weighted by Crippen LogP contribution is -2.16. The number of halogens is 1. The van der Waals surface area contributed by atoms with Gasteiger partial charge < -0.3 is 15.6 Å². The summed E-state index contributed by atoms with van der Waals surface area (Å²) in [6, 6.07) is 5.40. The van der Waals surface area contributed by atoms with Crippen molar-refractivity contribution in [2.75, 3.05) is 6.61 Å². The summed E-state index contributed by atoms with van der Waals surface area (Å²) in [5.74, 6) is 0.582. The fourth-order valence-corrected chi connectivity index (χ4v) is 1.46. The van der Waals surface area contributed by atoms with E-state index in [1.165, 1.54) is 0 Å². The van der Waals surface area contributed by atoms with Gasteiger partial charge in [-0.15, -0.1) is 0 Å². The molecule has 0 aliphatic heterocycles. The lowest BCUT2D eigenvalue weighted by atomic mass is 10.1. The quantitative estimate of drug-likeness (QED) is 0.836. The summed E-state index contributed by atoms with van der Waals surface area (Å²) in [7, 11) is 0. The Morgan fingerprint density at radius 3 is 2.69 bits per heavy atom. The third-order valence-corrected chi connectivity index (χ3v) is 2.68. The molecule has 1 aromatic carbocycles. The molecule has 16 heavy (non-hydrogen) atoms. The Labute approximate surface area is 101 Å². The molecule has 0 bridgehead atoms. The molecule has 0 heterocycles. The van der Waals surface area contributed by atoms with Gasteiger partial charge in [0.25, 0.3) is 0 Å². The van der Waals surface area contributed by atoms with Crippen molar-refractivity contribution in [1.82, 2.24) is 0 Å². The number of ether oxygens (including phenoxy) is 1. The van der Waals surface area contributed by atoms with E-state index < -0.39 is 6.10 Å². The van der Waals surface area contributed by atoms with Crippen molar-refractivity contribution < 1.29 is 9.84 Å². The topological polar surface area (TPSA) is 55.5 Å². The van der Waals surface area contributed by atoms with Crippen molar-refractivity contribution in [1.29, 1.82) is 0 Å². The van der Waals surface area contributed by atoms with Crippen LogP contribution in [0, 0.1) is 0 Å². The molecule has 0 radical (unpaired) electrons. The van der Waals surface area contributed by atoms with Gasteiger partial charge >= 0.3 is 0 Å². The van der Waals surface area contributed by atoms with E-state index in [0.717, 1.165) is 5.56 Å². The number of nitrogens with two attached hydrogens (primary N) is 1. The monoisotopic (exact) mass is 243 g/mol. The fraction of sp³-hybridized carbons (Fsp3) is 0.500. The Kier molecular flexibility index (Phi) is 5.06. The second-order valence-corrected chi connectivity index (χ2v) is 4.26. The van der Waals surface area contributed by atoms with Gasteiger partial charge in [-0.05, 0) is 31.0 Å². The molecule has 2 atom stereocenters. The third kappa shape index (κ3) is 3.67. The summed E-state index contributed by atoms with van der Waals surface area (Å²) >= 11 is 6.04. The first-order valence-corrected chi connectivity index (χ1v) is 5.78. The molecule has 1 aromatic rings. The van der Waals surface area contributed by atoms with E-state index in [2.05, 4.69) is 0 Å². The van der Waals surface area contributed by atoms with E-state index in [9.17, 15) is 5.11 Å². The molecule has 1 rings (SSSR count). The zero-order chi connectivity index (χ0) is 12.1. The minimum absolute atomic E-state index is 0.0483. The lowest BCUT2D eigenvalue weighted by Gasteiger charge is -2.13. The molecule has 4 heteroatoms. The standard InChI is InChI=1S/C12H18ClNO2/c1-3-10(15)7-16-12-5-4-9(8(2)14)6-11(12)13/h4-6,8,10,15H,3,7,14H2,1-2H3/t8-,10?/m0/s1. The zero-order valence-electron chi connectivity index (χ0n) is 9.61. The molecule has 0 spiro atoms. The maximum Gasteiger partial charge on any atom is 0.138 e. The van der Waals surface area contributed by atoms with Crippen LogP contribution >= 0.6 is 11.6 Å². The van der Waals surface area contributed by atoms with Crippen LogP contribution in [0.15, 0.2) is 18.2 Å². The van der Waals surface area contributed by atoms with Crippen molar-refractivity contribution in [3.63, 3.8) is 0 Å². The summed E-state index contributed by atoms with van der Waals surface area (Å²) in [5, 5.41) is 9.89. The Balaban J connectivity index is 2.68. The smallest absolute Gasteiger partial charge is 0.138 e. The summed E-state index contributed by atoms with van der Waals surface area (Å²) in [4.78, 5) is 0. The van der Waals surface area contributed by atoms with E-state index in [1.807, 2.05) is 19.9 Å². The first kappa shape index (κ1) is 13.3. The summed E-state index contributed by atoms with van der Waals surface area (Å²) in [6.45, 7) is 4.05. The summed E-state index contributed by atoms with van der Waals surface area (Å²) < 4.78 is 5.40. The molecule has 1 unspecified atom stereocenters. The van der Waals surface area contributed by atoms with E-state index in [1.54, 1.807) is 12.1 Å². The average molecular weight is 244 g/mol. The van der Waals surface area contributed by atoms with Gasteiger partial charge in [-0.1, -0.05) is 24.6 Å². The van der Waals surface area contributed by atoms with E-state index in [0.29, 0.717) is 17.2 Å². The van der Waals surface area contributed by atoms with Crippen LogP contribution in [0.5, 0.6) is 5.75 Å². The van der Waals surface area contributed by atoms with Crippen molar-refractivity contribution in [2.45, 2.75) is 32.4 Å². The van der Waals surface area contributed by atoms with E-state index in [-0.39, 0.29) is 12.6 Å². The molecule has 0 aliphatic rings. The number of benzene rings is 1. The van der Waals surface area contributed by atoms with Gasteiger partial charge in [0.05, 0.1) is 11.1 Å². The Morgan fingerprint density at radius 2 is 2.19 bits per heavy atom. The molecule has 3 nitrogen and oxygen atoms in total. The lowest BCUT2D eigenvalue weighted by molar-refractivity contribution is 0.104. The number of aliphatic hydroxyl groups is 1. The zero-order valence-corrected chi connectivity index (χ0v) is 10.4. The SMILES string of the molecule is CCC(O)COc1ccc([C@H](C)N)cc1Cl. The van der Waals surface area contributed by atoms with Gasteiger partial charge in [0.2, 0.25) is 0 Å². The molecular formula is C12H18ClNO2. The number of rotatable bonds is 5. The predicted octanol–water partition coefficient (Wildman–Crippen LogP) is 2.51. The Bertz CT molecular complexity index is 342. The average Bonchev–Trinajstić information content (AvgIpc) is 2.26. The molecule has 0 aromatic heterocycles. The normalized spacial score (nSPS) is 14.6. The van der Waals surface area contributed by atoms with Crippen LogP contribution in [0.25, 0.3) is 0 Å². The maximum atomic E-state index is 9.36. The van der Waals surface area contributed by atoms with Gasteiger partial charge in [0.1, 0.15) is 12.4 Å². The molecule has 0 saturated heterocycles. The first-order chi connectivity index (χ1) is 7.54. The molecule has 0 fully saturated rings. The molecule has 3 N–H and O–H groups in total. The van der Waals surface area contributed by atoms with Crippen molar-refractivity contribution >= 4 is 11.6 Å². The highest BCUT2D eigenvalue weighted by molar-refractivity contribution is 6.32. The van der Waals surface area contributed by atoms with Gasteiger partial charge in [0, 0.05) is 6.04 Å². The van der Waals surface area contributed by atoms with Gasteiger partial charge in [-0.2, -0.15) is 0 Å². The summed E-state index contributed by atoms with van der Waals surface area (Å²) in [6.07, 6.45) is 0.208. The predicted molar refractivity (Wildman–Crippen MR) is 65.8 cm³/mol. The van der Waals surface area contributed by atoms with Crippen LogP contribution in [-0.4, -0.2) is 17.8 Å². The first-order valence-electron chi connectivity index (χ1n) is 5.40. The minimum atomic E-state index is -0.454. The van der Waals surface area contributed by atoms with Crippen LogP contribution in [0.1, 0.15) is 31.9 Å². The van der Waals surface area contributed by atoms with Gasteiger partial charge in [0.15, 0.2) is 0 Å². The van der Waals surface area contributed by atoms with Crippen LogP contribution in [0.4, 0.5) is 0 Å². The molecule has 0 aliphatic carbocycles. The highest BCUT2D eigenvalue weighted by atomic mass is 35.5. The van der Waals surface area contributed by atoms with Gasteiger partial charge in [-0.3, -0.25) is 0 Å². The fourth-order valence-electron chi connectivity index (χ4n) is 1.22. The Hall–Kier alpha value is -0.770. The number of hydrogen-bond acceptors (Lipinski definition) is 3. The van der Waals surface area contributed by atoms with E-state index >= 15 is 0 Å². The van der Waals surface area contributed by atoms with E-state index in [4.69, 9.17) is 22.1 Å². The highest BCUT2D eigenvalue weighted by Gasteiger charge is 2.07. The number of aliphatic hydroxyl groups excluding tert-OH is 1. The third-order valence-electron chi connectivity index (χ3n) is 2.38. The van der Waals surface area contributed by atoms with Crippen LogP contribution in [-0.2, 0) is 0 Å². The maximum absolute atomic E-state index is 9.36. The highest BCUT2D eigenvalue weighted by Crippen LogP contribution is 2.27. The van der Waals surface area contributed by atoms with Crippen LogP contribution in [0.2, 0.25) is 5.02 Å².